The zero-order valence-corrected chi connectivity index (χ0v) is 11.9. The third kappa shape index (κ3) is 5.40. The normalized spacial score (nSPS) is 15.6. The van der Waals surface area contributed by atoms with Gasteiger partial charge in [0, 0.05) is 17.1 Å². The number of ether oxygens (including phenoxy) is 1. The Morgan fingerprint density at radius 1 is 1.32 bits per heavy atom. The molecule has 0 amide bonds. The van der Waals surface area contributed by atoms with Crippen LogP contribution in [0, 0.1) is 0 Å². The largest absolute Gasteiger partial charge is 0.493 e. The van der Waals surface area contributed by atoms with Gasteiger partial charge in [-0.05, 0) is 36.6 Å². The molecule has 0 aromatic heterocycles. The van der Waals surface area contributed by atoms with Gasteiger partial charge in [-0.3, -0.25) is 0 Å². The van der Waals surface area contributed by atoms with Crippen LogP contribution in [-0.4, -0.2) is 18.8 Å². The fraction of sp³-hybridized carbons (Fsp3) is 0.538. The molecule has 19 heavy (non-hydrogen) atoms. The Labute approximate surface area is 118 Å². The molecule has 1 aromatic carbocycles. The maximum atomic E-state index is 12.0. The van der Waals surface area contributed by atoms with Crippen molar-refractivity contribution in [2.45, 2.75) is 38.0 Å². The second-order valence-electron chi connectivity index (χ2n) is 4.62. The third-order valence-corrected chi connectivity index (χ3v) is 3.60. The monoisotopic (exact) mass is 337 g/mol. The average Bonchev–Trinajstić information content (AvgIpc) is 3.12. The summed E-state index contributed by atoms with van der Waals surface area (Å²) in [5.74, 6) is 0.472. The SMILES string of the molecule is FC(F)(F)CCOc1ccc(Br)c(CNC2CC2)c1. The molecule has 0 atom stereocenters. The van der Waals surface area contributed by atoms with Crippen molar-refractivity contribution in [3.63, 3.8) is 0 Å². The van der Waals surface area contributed by atoms with Crippen LogP contribution < -0.4 is 10.1 Å². The van der Waals surface area contributed by atoms with Crippen molar-refractivity contribution >= 4 is 15.9 Å². The minimum atomic E-state index is -4.17. The summed E-state index contributed by atoms with van der Waals surface area (Å²) in [5.41, 5.74) is 0.997. The van der Waals surface area contributed by atoms with Gasteiger partial charge in [0.1, 0.15) is 5.75 Å². The van der Waals surface area contributed by atoms with Gasteiger partial charge < -0.3 is 10.1 Å². The quantitative estimate of drug-likeness (QED) is 0.846. The minimum Gasteiger partial charge on any atom is -0.493 e. The fourth-order valence-electron chi connectivity index (χ4n) is 1.60. The van der Waals surface area contributed by atoms with Crippen LogP contribution in [0.5, 0.6) is 5.75 Å². The first-order chi connectivity index (χ1) is 8.94. The summed E-state index contributed by atoms with van der Waals surface area (Å²) < 4.78 is 42.1. The van der Waals surface area contributed by atoms with Crippen molar-refractivity contribution in [1.29, 1.82) is 0 Å². The number of alkyl halides is 3. The van der Waals surface area contributed by atoms with E-state index in [2.05, 4.69) is 21.2 Å². The molecule has 0 heterocycles. The second-order valence-corrected chi connectivity index (χ2v) is 5.48. The Kier molecular flexibility index (Phi) is 4.73. The highest BCUT2D eigenvalue weighted by molar-refractivity contribution is 9.10. The Hall–Kier alpha value is -0.750. The average molecular weight is 338 g/mol. The first-order valence-corrected chi connectivity index (χ1v) is 6.95. The van der Waals surface area contributed by atoms with Crippen molar-refractivity contribution in [1.82, 2.24) is 5.32 Å². The van der Waals surface area contributed by atoms with Crippen LogP contribution in [0.1, 0.15) is 24.8 Å². The van der Waals surface area contributed by atoms with Crippen molar-refractivity contribution in [3.05, 3.63) is 28.2 Å². The van der Waals surface area contributed by atoms with Crippen molar-refractivity contribution < 1.29 is 17.9 Å². The highest BCUT2D eigenvalue weighted by Gasteiger charge is 2.26. The number of halogens is 4. The molecule has 1 aliphatic carbocycles. The van der Waals surface area contributed by atoms with E-state index in [-0.39, 0.29) is 6.61 Å². The van der Waals surface area contributed by atoms with Gasteiger partial charge in [-0.25, -0.2) is 0 Å². The summed E-state index contributed by atoms with van der Waals surface area (Å²) in [5, 5.41) is 3.36. The van der Waals surface area contributed by atoms with E-state index < -0.39 is 12.6 Å². The number of benzene rings is 1. The summed E-state index contributed by atoms with van der Waals surface area (Å²) >= 11 is 3.43. The summed E-state index contributed by atoms with van der Waals surface area (Å²) in [4.78, 5) is 0. The van der Waals surface area contributed by atoms with Gasteiger partial charge >= 0.3 is 6.18 Å². The van der Waals surface area contributed by atoms with E-state index in [1.54, 1.807) is 18.2 Å². The predicted octanol–water partition coefficient (Wildman–Crippen LogP) is 4.03. The zero-order chi connectivity index (χ0) is 13.9. The molecule has 6 heteroatoms. The molecular weight excluding hydrogens is 323 g/mol. The van der Waals surface area contributed by atoms with E-state index in [1.165, 1.54) is 12.8 Å². The Bertz CT molecular complexity index is 432. The molecule has 0 aliphatic heterocycles. The van der Waals surface area contributed by atoms with E-state index in [9.17, 15) is 13.2 Å². The van der Waals surface area contributed by atoms with Crippen molar-refractivity contribution in [2.75, 3.05) is 6.61 Å². The van der Waals surface area contributed by atoms with Crippen LogP contribution in [-0.2, 0) is 6.54 Å². The first-order valence-electron chi connectivity index (χ1n) is 6.15. The maximum absolute atomic E-state index is 12.0. The first kappa shape index (κ1) is 14.7. The molecule has 2 nitrogen and oxygen atoms in total. The maximum Gasteiger partial charge on any atom is 0.392 e. The van der Waals surface area contributed by atoms with Crippen LogP contribution in [0.25, 0.3) is 0 Å². The lowest BCUT2D eigenvalue weighted by Gasteiger charge is -2.11. The number of rotatable bonds is 6. The number of hydrogen-bond acceptors (Lipinski definition) is 2. The van der Waals surface area contributed by atoms with E-state index in [0.29, 0.717) is 18.3 Å². The molecular formula is C13H15BrF3NO. The van der Waals surface area contributed by atoms with Crippen LogP contribution in [0.15, 0.2) is 22.7 Å². The lowest BCUT2D eigenvalue weighted by atomic mass is 10.2. The van der Waals surface area contributed by atoms with Crippen molar-refractivity contribution in [3.8, 4) is 5.75 Å². The van der Waals surface area contributed by atoms with E-state index in [1.807, 2.05) is 0 Å². The van der Waals surface area contributed by atoms with Crippen LogP contribution in [0.4, 0.5) is 13.2 Å². The van der Waals surface area contributed by atoms with Crippen LogP contribution in [0.2, 0.25) is 0 Å². The van der Waals surface area contributed by atoms with Gasteiger partial charge in [0.2, 0.25) is 0 Å². The lowest BCUT2D eigenvalue weighted by molar-refractivity contribution is -0.139. The number of hydrogen-bond donors (Lipinski definition) is 1. The third-order valence-electron chi connectivity index (χ3n) is 2.83. The molecule has 106 valence electrons. The topological polar surface area (TPSA) is 21.3 Å². The van der Waals surface area contributed by atoms with Gasteiger partial charge in [0.15, 0.2) is 0 Å². The lowest BCUT2D eigenvalue weighted by Crippen LogP contribution is -2.16. The van der Waals surface area contributed by atoms with E-state index >= 15 is 0 Å². The zero-order valence-electron chi connectivity index (χ0n) is 10.3. The molecule has 1 aromatic rings. The molecule has 1 fully saturated rings. The van der Waals surface area contributed by atoms with Crippen LogP contribution in [0.3, 0.4) is 0 Å². The molecule has 1 saturated carbocycles. The summed E-state index contributed by atoms with van der Waals surface area (Å²) in [6.45, 7) is 0.350. The van der Waals surface area contributed by atoms with Gasteiger partial charge in [0.05, 0.1) is 13.0 Å². The van der Waals surface area contributed by atoms with Gasteiger partial charge in [-0.2, -0.15) is 13.2 Å². The van der Waals surface area contributed by atoms with Gasteiger partial charge in [0.25, 0.3) is 0 Å². The summed E-state index contributed by atoms with van der Waals surface area (Å²) in [7, 11) is 0. The molecule has 0 radical (unpaired) electrons. The summed E-state index contributed by atoms with van der Waals surface area (Å²) in [6.07, 6.45) is -2.72. The highest BCUT2D eigenvalue weighted by atomic mass is 79.9. The smallest absolute Gasteiger partial charge is 0.392 e. The Balaban J connectivity index is 1.87. The van der Waals surface area contributed by atoms with Gasteiger partial charge in [-0.15, -0.1) is 0 Å². The number of nitrogens with one attached hydrogen (secondary N) is 1. The molecule has 1 aliphatic rings. The molecule has 0 unspecified atom stereocenters. The predicted molar refractivity (Wildman–Crippen MR) is 70.2 cm³/mol. The Morgan fingerprint density at radius 3 is 2.68 bits per heavy atom. The Morgan fingerprint density at radius 2 is 2.05 bits per heavy atom. The standard InChI is InChI=1S/C13H15BrF3NO/c14-12-4-3-11(19-6-5-13(15,16)17)7-9(12)8-18-10-1-2-10/h3-4,7,10,18H,1-2,5-6,8H2. The fourth-order valence-corrected chi connectivity index (χ4v) is 1.99. The van der Waals surface area contributed by atoms with Crippen LogP contribution >= 0.6 is 15.9 Å². The molecule has 0 spiro atoms. The molecule has 2 rings (SSSR count). The molecule has 1 N–H and O–H groups in total. The minimum absolute atomic E-state index is 0.347. The highest BCUT2D eigenvalue weighted by Crippen LogP contribution is 2.26. The van der Waals surface area contributed by atoms with E-state index in [4.69, 9.17) is 4.74 Å². The van der Waals surface area contributed by atoms with Crippen molar-refractivity contribution in [2.24, 2.45) is 0 Å². The molecule has 0 saturated heterocycles. The van der Waals surface area contributed by atoms with E-state index in [0.717, 1.165) is 10.0 Å². The molecule has 0 bridgehead atoms. The van der Waals surface area contributed by atoms with Gasteiger partial charge in [-0.1, -0.05) is 15.9 Å². The second kappa shape index (κ2) is 6.13. The summed E-state index contributed by atoms with van der Waals surface area (Å²) in [6, 6.07) is 5.82.